The highest BCUT2D eigenvalue weighted by Crippen LogP contribution is 2.51. The van der Waals surface area contributed by atoms with Gasteiger partial charge in [-0.05, 0) is 51.9 Å². The van der Waals surface area contributed by atoms with Crippen molar-refractivity contribution in [3.8, 4) is 0 Å². The largest absolute Gasteiger partial charge is 0.382 e. The molecule has 0 radical (unpaired) electrons. The van der Waals surface area contributed by atoms with Crippen LogP contribution in [-0.2, 0) is 4.79 Å². The first kappa shape index (κ1) is 17.2. The summed E-state index contributed by atoms with van der Waals surface area (Å²) in [6.45, 7) is 14.4. The molecule has 1 saturated carbocycles. The van der Waals surface area contributed by atoms with Crippen molar-refractivity contribution in [2.24, 2.45) is 23.7 Å². The van der Waals surface area contributed by atoms with Crippen molar-refractivity contribution >= 4 is 5.78 Å². The van der Waals surface area contributed by atoms with Crippen LogP contribution < -0.4 is 0 Å². The SMILES string of the molecule is C=C(CCC=C(C)C)[C@@H]1C[C@@H]2C=C(C(C)C)[C@H]1C(=O)[C@]2(C)O. The Labute approximate surface area is 135 Å². The maximum atomic E-state index is 12.8. The topological polar surface area (TPSA) is 37.3 Å². The Morgan fingerprint density at radius 2 is 2.14 bits per heavy atom. The van der Waals surface area contributed by atoms with Crippen molar-refractivity contribution in [1.82, 2.24) is 0 Å². The number of Topliss-reactive ketones (excluding diaryl/α,β-unsaturated/α-hetero) is 1. The molecule has 3 rings (SSSR count). The molecular weight excluding hydrogens is 272 g/mol. The van der Waals surface area contributed by atoms with Crippen molar-refractivity contribution in [2.45, 2.75) is 59.5 Å². The van der Waals surface area contributed by atoms with E-state index in [1.54, 1.807) is 6.92 Å². The van der Waals surface area contributed by atoms with Gasteiger partial charge in [-0.2, -0.15) is 0 Å². The van der Waals surface area contributed by atoms with Gasteiger partial charge in [-0.1, -0.05) is 49.3 Å². The Balaban J connectivity index is 2.22. The van der Waals surface area contributed by atoms with Gasteiger partial charge in [0.05, 0.1) is 0 Å². The Morgan fingerprint density at radius 3 is 2.64 bits per heavy atom. The average molecular weight is 302 g/mol. The standard InChI is InChI=1S/C20H30O2/c1-12(2)8-7-9-14(5)17-11-15-10-16(13(3)4)18(17)19(21)20(15,6)22/h8,10,13,15,17-18,22H,5,7,9,11H2,1-4,6H3/t15-,17-,18+,20+/m0/s1. The second-order valence-corrected chi connectivity index (χ2v) is 7.74. The molecule has 0 unspecified atom stereocenters. The summed E-state index contributed by atoms with van der Waals surface area (Å²) in [5.41, 5.74) is 2.50. The molecule has 3 aliphatic carbocycles. The van der Waals surface area contributed by atoms with Crippen LogP contribution in [0.25, 0.3) is 0 Å². The highest BCUT2D eigenvalue weighted by Gasteiger charge is 2.55. The van der Waals surface area contributed by atoms with Gasteiger partial charge in [0.15, 0.2) is 5.78 Å². The fourth-order valence-electron chi connectivity index (χ4n) is 3.95. The smallest absolute Gasteiger partial charge is 0.172 e. The highest BCUT2D eigenvalue weighted by molar-refractivity contribution is 5.94. The third-order valence-electron chi connectivity index (χ3n) is 5.38. The summed E-state index contributed by atoms with van der Waals surface area (Å²) >= 11 is 0. The fraction of sp³-hybridized carbons (Fsp3) is 0.650. The molecule has 0 aromatic heterocycles. The van der Waals surface area contributed by atoms with Crippen LogP contribution >= 0.6 is 0 Å². The average Bonchev–Trinajstić information content (AvgIpc) is 2.42. The molecule has 1 fully saturated rings. The molecule has 0 aromatic carbocycles. The van der Waals surface area contributed by atoms with Crippen molar-refractivity contribution in [1.29, 1.82) is 0 Å². The number of carbonyl (C=O) groups is 1. The lowest BCUT2D eigenvalue weighted by atomic mass is 9.55. The van der Waals surface area contributed by atoms with E-state index in [0.29, 0.717) is 5.92 Å². The van der Waals surface area contributed by atoms with E-state index in [9.17, 15) is 9.90 Å². The van der Waals surface area contributed by atoms with Crippen LogP contribution in [0.4, 0.5) is 0 Å². The maximum Gasteiger partial charge on any atom is 0.172 e. The van der Waals surface area contributed by atoms with Gasteiger partial charge in [0.1, 0.15) is 5.60 Å². The Bertz CT molecular complexity index is 530. The lowest BCUT2D eigenvalue weighted by Crippen LogP contribution is -2.57. The summed E-state index contributed by atoms with van der Waals surface area (Å²) in [6, 6.07) is 0. The van der Waals surface area contributed by atoms with Crippen molar-refractivity contribution in [2.75, 3.05) is 0 Å². The Morgan fingerprint density at radius 1 is 1.50 bits per heavy atom. The number of carbonyl (C=O) groups excluding carboxylic acids is 1. The molecule has 22 heavy (non-hydrogen) atoms. The van der Waals surface area contributed by atoms with Gasteiger partial charge in [-0.25, -0.2) is 0 Å². The molecular formula is C20H30O2. The summed E-state index contributed by atoms with van der Waals surface area (Å²) in [5, 5.41) is 10.5. The molecule has 0 aliphatic heterocycles. The van der Waals surface area contributed by atoms with Crippen molar-refractivity contribution in [3.05, 3.63) is 35.5 Å². The summed E-state index contributed by atoms with van der Waals surface area (Å²) in [6.07, 6.45) is 7.16. The van der Waals surface area contributed by atoms with E-state index in [4.69, 9.17) is 0 Å². The quantitative estimate of drug-likeness (QED) is 0.761. The van der Waals surface area contributed by atoms with Crippen LogP contribution in [0.3, 0.4) is 0 Å². The van der Waals surface area contributed by atoms with Crippen molar-refractivity contribution < 1.29 is 9.90 Å². The molecule has 2 nitrogen and oxygen atoms in total. The molecule has 3 aliphatic rings. The van der Waals surface area contributed by atoms with Crippen LogP contribution in [0.1, 0.15) is 53.9 Å². The number of hydrogen-bond donors (Lipinski definition) is 1. The number of aliphatic hydroxyl groups is 1. The predicted molar refractivity (Wildman–Crippen MR) is 91.4 cm³/mol. The van der Waals surface area contributed by atoms with Gasteiger partial charge >= 0.3 is 0 Å². The molecule has 4 atom stereocenters. The van der Waals surface area contributed by atoms with Gasteiger partial charge in [-0.3, -0.25) is 4.79 Å². The van der Waals surface area contributed by atoms with E-state index in [2.05, 4.69) is 46.4 Å². The fourth-order valence-corrected chi connectivity index (χ4v) is 3.95. The zero-order valence-electron chi connectivity index (χ0n) is 14.6. The minimum Gasteiger partial charge on any atom is -0.382 e. The lowest BCUT2D eigenvalue weighted by Gasteiger charge is -2.50. The van der Waals surface area contributed by atoms with E-state index in [0.717, 1.165) is 19.3 Å². The second-order valence-electron chi connectivity index (χ2n) is 7.74. The summed E-state index contributed by atoms with van der Waals surface area (Å²) in [5.74, 6) is 0.321. The van der Waals surface area contributed by atoms with Crippen LogP contribution in [-0.4, -0.2) is 16.5 Å². The Hall–Kier alpha value is -1.15. The number of rotatable bonds is 5. The van der Waals surface area contributed by atoms with Crippen molar-refractivity contribution in [3.63, 3.8) is 0 Å². The summed E-state index contributed by atoms with van der Waals surface area (Å²) < 4.78 is 0. The predicted octanol–water partition coefficient (Wildman–Crippen LogP) is 4.46. The first-order valence-corrected chi connectivity index (χ1v) is 8.45. The first-order chi connectivity index (χ1) is 10.2. The molecule has 2 bridgehead atoms. The minimum atomic E-state index is -1.19. The van der Waals surface area contributed by atoms with Gasteiger partial charge in [0.25, 0.3) is 0 Å². The molecule has 0 spiro atoms. The van der Waals surface area contributed by atoms with Crippen LogP contribution in [0.5, 0.6) is 0 Å². The van der Waals surface area contributed by atoms with E-state index >= 15 is 0 Å². The molecule has 122 valence electrons. The lowest BCUT2D eigenvalue weighted by molar-refractivity contribution is -0.152. The van der Waals surface area contributed by atoms with E-state index in [1.165, 1.54) is 16.7 Å². The van der Waals surface area contributed by atoms with Gasteiger partial charge < -0.3 is 5.11 Å². The maximum absolute atomic E-state index is 12.8. The molecule has 0 saturated heterocycles. The zero-order chi connectivity index (χ0) is 16.7. The first-order valence-electron chi connectivity index (χ1n) is 8.45. The third kappa shape index (κ3) is 2.99. The van der Waals surface area contributed by atoms with E-state index in [1.807, 2.05) is 0 Å². The van der Waals surface area contributed by atoms with Gasteiger partial charge in [0, 0.05) is 11.8 Å². The molecule has 2 heteroatoms. The third-order valence-corrected chi connectivity index (χ3v) is 5.38. The number of fused-ring (bicyclic) bond motifs is 2. The van der Waals surface area contributed by atoms with Crippen LogP contribution in [0, 0.1) is 23.7 Å². The molecule has 0 aromatic rings. The number of ketones is 1. The second kappa shape index (κ2) is 6.16. The summed E-state index contributed by atoms with van der Waals surface area (Å²) in [4.78, 5) is 12.8. The normalized spacial score (nSPS) is 33.9. The zero-order valence-corrected chi connectivity index (χ0v) is 14.6. The molecule has 0 heterocycles. The van der Waals surface area contributed by atoms with Crippen LogP contribution in [0.15, 0.2) is 35.5 Å². The van der Waals surface area contributed by atoms with E-state index < -0.39 is 5.60 Å². The van der Waals surface area contributed by atoms with Crippen LogP contribution in [0.2, 0.25) is 0 Å². The van der Waals surface area contributed by atoms with Gasteiger partial charge in [-0.15, -0.1) is 0 Å². The molecule has 0 amide bonds. The number of allylic oxidation sites excluding steroid dienone is 4. The Kier molecular flexibility index (Phi) is 4.81. The van der Waals surface area contributed by atoms with E-state index in [-0.39, 0.29) is 23.5 Å². The summed E-state index contributed by atoms with van der Waals surface area (Å²) in [7, 11) is 0. The molecule has 1 N–H and O–H groups in total. The number of hydrogen-bond acceptors (Lipinski definition) is 2. The monoisotopic (exact) mass is 302 g/mol. The van der Waals surface area contributed by atoms with Gasteiger partial charge in [0.2, 0.25) is 0 Å². The highest BCUT2D eigenvalue weighted by atomic mass is 16.3. The minimum absolute atomic E-state index is 0.00307.